The van der Waals surface area contributed by atoms with Gasteiger partial charge in [-0.1, -0.05) is 0 Å². The molecule has 0 radical (unpaired) electrons. The predicted octanol–water partition coefficient (Wildman–Crippen LogP) is 1.88. The number of aromatic nitrogens is 1. The van der Waals surface area contributed by atoms with Gasteiger partial charge in [0.15, 0.2) is 11.5 Å². The van der Waals surface area contributed by atoms with Crippen molar-refractivity contribution in [3.8, 4) is 11.5 Å². The molecule has 1 N–H and O–H groups in total. The molecule has 1 aromatic carbocycles. The maximum Gasteiger partial charge on any atom is 0.295 e. The molecule has 3 heterocycles. The number of likely N-dealkylation sites (tertiary alicyclic amines) is 1. The number of aliphatic hydroxyl groups is 1. The van der Waals surface area contributed by atoms with Crippen LogP contribution in [-0.4, -0.2) is 53.7 Å². The van der Waals surface area contributed by atoms with Gasteiger partial charge in [0.2, 0.25) is 6.79 Å². The number of ether oxygens (including phenoxy) is 3. The lowest BCUT2D eigenvalue weighted by atomic mass is 9.96. The molecule has 144 valence electrons. The molecule has 1 atom stereocenters. The molecular weight excluding hydrogens is 364 g/mol. The molecule has 0 spiro atoms. The second kappa shape index (κ2) is 7.32. The number of methoxy groups -OCH3 is 1. The Morgan fingerprint density at radius 1 is 1.21 bits per heavy atom. The van der Waals surface area contributed by atoms with Crippen molar-refractivity contribution < 1.29 is 28.9 Å². The fourth-order valence-corrected chi connectivity index (χ4v) is 3.39. The molecule has 8 heteroatoms. The molecule has 1 fully saturated rings. The van der Waals surface area contributed by atoms with Crippen molar-refractivity contribution in [2.75, 3.05) is 27.1 Å². The Kier molecular flexibility index (Phi) is 4.70. The molecule has 1 unspecified atom stereocenters. The smallest absolute Gasteiger partial charge is 0.295 e. The highest BCUT2D eigenvalue weighted by Gasteiger charge is 2.45. The van der Waals surface area contributed by atoms with E-state index < -0.39 is 17.7 Å². The van der Waals surface area contributed by atoms with E-state index >= 15 is 0 Å². The van der Waals surface area contributed by atoms with Gasteiger partial charge in [0.25, 0.3) is 11.7 Å². The van der Waals surface area contributed by atoms with Gasteiger partial charge in [0.1, 0.15) is 5.76 Å². The van der Waals surface area contributed by atoms with Crippen LogP contribution < -0.4 is 9.47 Å². The highest BCUT2D eigenvalue weighted by atomic mass is 16.7. The molecule has 2 aliphatic rings. The van der Waals surface area contributed by atoms with Crippen molar-refractivity contribution in [3.63, 3.8) is 0 Å². The Hall–Kier alpha value is -3.39. The first-order chi connectivity index (χ1) is 13.6. The van der Waals surface area contributed by atoms with E-state index in [2.05, 4.69) is 4.98 Å². The number of pyridine rings is 1. The summed E-state index contributed by atoms with van der Waals surface area (Å²) >= 11 is 0. The van der Waals surface area contributed by atoms with E-state index in [0.29, 0.717) is 22.6 Å². The number of hydrogen-bond acceptors (Lipinski definition) is 7. The molecule has 0 bridgehead atoms. The van der Waals surface area contributed by atoms with E-state index in [1.807, 2.05) is 0 Å². The summed E-state index contributed by atoms with van der Waals surface area (Å²) in [6.45, 7) is 0.572. The monoisotopic (exact) mass is 382 g/mol. The van der Waals surface area contributed by atoms with Gasteiger partial charge in [-0.05, 0) is 35.9 Å². The lowest BCUT2D eigenvalue weighted by Gasteiger charge is -2.24. The van der Waals surface area contributed by atoms with E-state index in [9.17, 15) is 14.7 Å². The Bertz CT molecular complexity index is 956. The van der Waals surface area contributed by atoms with Crippen molar-refractivity contribution in [3.05, 3.63) is 59.4 Å². The summed E-state index contributed by atoms with van der Waals surface area (Å²) < 4.78 is 15.7. The van der Waals surface area contributed by atoms with Crippen LogP contribution >= 0.6 is 0 Å². The van der Waals surface area contributed by atoms with Gasteiger partial charge >= 0.3 is 0 Å². The minimum absolute atomic E-state index is 0.0196. The third-order valence-corrected chi connectivity index (χ3v) is 4.74. The quantitative estimate of drug-likeness (QED) is 0.479. The van der Waals surface area contributed by atoms with Crippen molar-refractivity contribution in [1.82, 2.24) is 9.88 Å². The molecule has 2 aliphatic heterocycles. The topological polar surface area (TPSA) is 98.2 Å². The summed E-state index contributed by atoms with van der Waals surface area (Å²) in [6, 6.07) is 7.55. The number of carbonyl (C=O) groups excluding carboxylic acids is 2. The minimum atomic E-state index is -0.743. The van der Waals surface area contributed by atoms with Crippen molar-refractivity contribution in [2.24, 2.45) is 0 Å². The van der Waals surface area contributed by atoms with Crippen LogP contribution in [0.3, 0.4) is 0 Å². The minimum Gasteiger partial charge on any atom is -0.507 e. The standard InChI is InChI=1S/C20H18N2O6/c1-26-9-8-22-17(12-4-6-21-7-5-12)16(19(24)20(22)25)18(23)13-2-3-14-15(10-13)28-11-27-14/h2-7,10,17,23H,8-9,11H2,1H3/b18-16-. The van der Waals surface area contributed by atoms with E-state index in [1.54, 1.807) is 42.7 Å². The van der Waals surface area contributed by atoms with Gasteiger partial charge in [0, 0.05) is 31.6 Å². The third-order valence-electron chi connectivity index (χ3n) is 4.74. The highest BCUT2D eigenvalue weighted by Crippen LogP contribution is 2.41. The van der Waals surface area contributed by atoms with Crippen LogP contribution in [0.1, 0.15) is 17.2 Å². The van der Waals surface area contributed by atoms with E-state index in [1.165, 1.54) is 12.0 Å². The Morgan fingerprint density at radius 2 is 1.96 bits per heavy atom. The summed E-state index contributed by atoms with van der Waals surface area (Å²) in [7, 11) is 1.52. The number of amides is 1. The summed E-state index contributed by atoms with van der Waals surface area (Å²) in [6.07, 6.45) is 3.15. The fraction of sp³-hybridized carbons (Fsp3) is 0.250. The molecule has 8 nitrogen and oxygen atoms in total. The number of hydrogen-bond donors (Lipinski definition) is 1. The van der Waals surface area contributed by atoms with Gasteiger partial charge < -0.3 is 24.2 Å². The van der Waals surface area contributed by atoms with Crippen LogP contribution in [-0.2, 0) is 14.3 Å². The van der Waals surface area contributed by atoms with Crippen molar-refractivity contribution in [1.29, 1.82) is 0 Å². The van der Waals surface area contributed by atoms with Crippen LogP contribution in [0.4, 0.5) is 0 Å². The normalized spacial score (nSPS) is 20.0. The Morgan fingerprint density at radius 3 is 2.71 bits per heavy atom. The average molecular weight is 382 g/mol. The first-order valence-electron chi connectivity index (χ1n) is 8.69. The number of rotatable bonds is 5. The molecule has 28 heavy (non-hydrogen) atoms. The van der Waals surface area contributed by atoms with Crippen molar-refractivity contribution >= 4 is 17.4 Å². The van der Waals surface area contributed by atoms with Gasteiger partial charge in [0.05, 0.1) is 18.2 Å². The molecule has 0 aliphatic carbocycles. The lowest BCUT2D eigenvalue weighted by Crippen LogP contribution is -2.32. The number of benzene rings is 1. The van der Waals surface area contributed by atoms with Crippen LogP contribution in [0, 0.1) is 0 Å². The molecular formula is C20H18N2O6. The number of fused-ring (bicyclic) bond motifs is 1. The largest absolute Gasteiger partial charge is 0.507 e. The predicted molar refractivity (Wildman–Crippen MR) is 97.7 cm³/mol. The number of aliphatic hydroxyl groups excluding tert-OH is 1. The lowest BCUT2D eigenvalue weighted by molar-refractivity contribution is -0.140. The number of carbonyl (C=O) groups is 2. The molecule has 1 amide bonds. The first kappa shape index (κ1) is 18.0. The number of Topliss-reactive ketones (excluding diaryl/α,β-unsaturated/α-hetero) is 1. The van der Waals surface area contributed by atoms with E-state index in [-0.39, 0.29) is 31.3 Å². The van der Waals surface area contributed by atoms with Crippen LogP contribution in [0.2, 0.25) is 0 Å². The zero-order valence-corrected chi connectivity index (χ0v) is 15.1. The third kappa shape index (κ3) is 2.97. The molecule has 2 aromatic rings. The van der Waals surface area contributed by atoms with E-state index in [4.69, 9.17) is 14.2 Å². The zero-order valence-electron chi connectivity index (χ0n) is 15.1. The summed E-state index contributed by atoms with van der Waals surface area (Å²) in [4.78, 5) is 30.8. The summed E-state index contributed by atoms with van der Waals surface area (Å²) in [5.41, 5.74) is 1.06. The molecule has 1 aromatic heterocycles. The van der Waals surface area contributed by atoms with Gasteiger partial charge in [-0.2, -0.15) is 0 Å². The highest BCUT2D eigenvalue weighted by molar-refractivity contribution is 6.46. The van der Waals surface area contributed by atoms with Crippen molar-refractivity contribution in [2.45, 2.75) is 6.04 Å². The Balaban J connectivity index is 1.83. The van der Waals surface area contributed by atoms with Crippen LogP contribution in [0.25, 0.3) is 5.76 Å². The number of nitrogens with zero attached hydrogens (tertiary/aromatic N) is 2. The van der Waals surface area contributed by atoms with Gasteiger partial charge in [-0.25, -0.2) is 0 Å². The fourth-order valence-electron chi connectivity index (χ4n) is 3.39. The van der Waals surface area contributed by atoms with E-state index in [0.717, 1.165) is 0 Å². The maximum absolute atomic E-state index is 12.8. The zero-order chi connectivity index (χ0) is 19.7. The SMILES string of the molecule is COCCN1C(=O)C(=O)/C(=C(\O)c2ccc3c(c2)OCO3)C1c1ccncc1. The van der Waals surface area contributed by atoms with Gasteiger partial charge in [-0.15, -0.1) is 0 Å². The molecule has 0 saturated carbocycles. The maximum atomic E-state index is 12.8. The van der Waals surface area contributed by atoms with Crippen LogP contribution in [0.5, 0.6) is 11.5 Å². The van der Waals surface area contributed by atoms with Crippen LogP contribution in [0.15, 0.2) is 48.3 Å². The molecule has 4 rings (SSSR count). The average Bonchev–Trinajstić information content (AvgIpc) is 3.29. The van der Waals surface area contributed by atoms with Gasteiger partial charge in [-0.3, -0.25) is 14.6 Å². The molecule has 1 saturated heterocycles. The summed E-state index contributed by atoms with van der Waals surface area (Å²) in [5, 5.41) is 11.0. The first-order valence-corrected chi connectivity index (χ1v) is 8.69. The Labute approximate surface area is 161 Å². The second-order valence-corrected chi connectivity index (χ2v) is 6.33. The summed E-state index contributed by atoms with van der Waals surface area (Å²) in [5.74, 6) is -0.659. The number of ketones is 1. The second-order valence-electron chi connectivity index (χ2n) is 6.33.